The molecule has 1 aromatic rings. The van der Waals surface area contributed by atoms with Gasteiger partial charge in [0.1, 0.15) is 0 Å². The van der Waals surface area contributed by atoms with Crippen LogP contribution in [0.5, 0.6) is 0 Å². The van der Waals surface area contributed by atoms with E-state index in [0.29, 0.717) is 0 Å². The van der Waals surface area contributed by atoms with E-state index >= 15 is 0 Å². The van der Waals surface area contributed by atoms with Gasteiger partial charge in [0.25, 0.3) is 0 Å². The maximum absolute atomic E-state index is 11.2. The smallest absolute Gasteiger partial charge is 0.159 e. The van der Waals surface area contributed by atoms with Crippen LogP contribution in [0.15, 0.2) is 24.3 Å². The molecule has 0 radical (unpaired) electrons. The van der Waals surface area contributed by atoms with Gasteiger partial charge in [-0.15, -0.1) is 0 Å². The number of carbonyl (C=O) groups is 1. The Morgan fingerprint density at radius 2 is 2.00 bits per heavy atom. The zero-order chi connectivity index (χ0) is 13.0. The third-order valence-corrected chi connectivity index (χ3v) is 3.93. The van der Waals surface area contributed by atoms with Crippen molar-refractivity contribution in [2.75, 3.05) is 11.9 Å². The summed E-state index contributed by atoms with van der Waals surface area (Å²) < 4.78 is 0. The van der Waals surface area contributed by atoms with Crippen molar-refractivity contribution in [3.05, 3.63) is 29.8 Å². The van der Waals surface area contributed by atoms with E-state index in [1.54, 1.807) is 6.92 Å². The monoisotopic (exact) mass is 245 g/mol. The molecule has 0 amide bonds. The molecule has 1 aromatic carbocycles. The van der Waals surface area contributed by atoms with Crippen molar-refractivity contribution in [1.82, 2.24) is 0 Å². The lowest BCUT2D eigenvalue weighted by atomic mass is 9.82. The molecule has 1 saturated carbocycles. The van der Waals surface area contributed by atoms with Crippen LogP contribution in [0.25, 0.3) is 0 Å². The van der Waals surface area contributed by atoms with Gasteiger partial charge in [0.05, 0.1) is 0 Å². The Morgan fingerprint density at radius 3 is 2.61 bits per heavy atom. The number of ketones is 1. The summed E-state index contributed by atoms with van der Waals surface area (Å²) in [5.74, 6) is 1.81. The van der Waals surface area contributed by atoms with Crippen LogP contribution in [0.4, 0.5) is 5.69 Å². The highest BCUT2D eigenvalue weighted by molar-refractivity contribution is 5.94. The number of Topliss-reactive ketones (excluding diaryl/α,β-unsaturated/α-hetero) is 1. The summed E-state index contributed by atoms with van der Waals surface area (Å²) in [5.41, 5.74) is 1.91. The molecule has 1 aliphatic rings. The predicted octanol–water partition coefficient (Wildman–Crippen LogP) is 4.13. The van der Waals surface area contributed by atoms with Crippen LogP contribution in [0.1, 0.15) is 49.9 Å². The van der Waals surface area contributed by atoms with Gasteiger partial charge >= 0.3 is 0 Å². The van der Waals surface area contributed by atoms with Gasteiger partial charge in [-0.1, -0.05) is 19.8 Å². The Bertz CT molecular complexity index is 396. The fraction of sp³-hybridized carbons (Fsp3) is 0.562. The van der Waals surface area contributed by atoms with Crippen LogP contribution in [0.3, 0.4) is 0 Å². The second-order valence-electron chi connectivity index (χ2n) is 5.65. The van der Waals surface area contributed by atoms with Crippen molar-refractivity contribution in [2.45, 2.75) is 39.5 Å². The molecule has 2 atom stereocenters. The molecule has 0 bridgehead atoms. The van der Waals surface area contributed by atoms with E-state index in [-0.39, 0.29) is 5.78 Å². The Labute approximate surface area is 110 Å². The minimum atomic E-state index is 0.127. The standard InChI is InChI=1S/C16H23NO/c1-12-4-3-5-14(10-12)11-17-16-8-6-15(7-9-16)13(2)18/h6-9,12,14,17H,3-5,10-11H2,1-2H3. The van der Waals surface area contributed by atoms with E-state index < -0.39 is 0 Å². The normalized spacial score (nSPS) is 23.7. The fourth-order valence-electron chi connectivity index (χ4n) is 2.83. The molecular formula is C16H23NO. The molecule has 0 saturated heterocycles. The minimum Gasteiger partial charge on any atom is -0.385 e. The molecule has 2 heteroatoms. The zero-order valence-electron chi connectivity index (χ0n) is 11.4. The van der Waals surface area contributed by atoms with Gasteiger partial charge < -0.3 is 5.32 Å². The number of nitrogens with one attached hydrogen (secondary N) is 1. The van der Waals surface area contributed by atoms with Crippen LogP contribution in [-0.4, -0.2) is 12.3 Å². The van der Waals surface area contributed by atoms with Gasteiger partial charge in [0.2, 0.25) is 0 Å². The van der Waals surface area contributed by atoms with Crippen molar-refractivity contribution in [2.24, 2.45) is 11.8 Å². The Balaban J connectivity index is 1.84. The number of anilines is 1. The molecule has 2 unspecified atom stereocenters. The van der Waals surface area contributed by atoms with Gasteiger partial charge in [0.15, 0.2) is 5.78 Å². The number of benzene rings is 1. The van der Waals surface area contributed by atoms with E-state index in [1.807, 2.05) is 24.3 Å². The van der Waals surface area contributed by atoms with Gasteiger partial charge in [-0.2, -0.15) is 0 Å². The van der Waals surface area contributed by atoms with E-state index in [9.17, 15) is 4.79 Å². The third kappa shape index (κ3) is 3.59. The molecule has 98 valence electrons. The van der Waals surface area contributed by atoms with Gasteiger partial charge in [0, 0.05) is 17.8 Å². The molecule has 1 N–H and O–H groups in total. The summed E-state index contributed by atoms with van der Waals surface area (Å²) in [6, 6.07) is 7.80. The Kier molecular flexibility index (Phi) is 4.40. The lowest BCUT2D eigenvalue weighted by Crippen LogP contribution is -2.20. The van der Waals surface area contributed by atoms with Crippen LogP contribution < -0.4 is 5.32 Å². The van der Waals surface area contributed by atoms with Crippen molar-refractivity contribution >= 4 is 11.5 Å². The molecular weight excluding hydrogens is 222 g/mol. The van der Waals surface area contributed by atoms with E-state index in [4.69, 9.17) is 0 Å². The molecule has 0 aliphatic heterocycles. The second kappa shape index (κ2) is 6.03. The summed E-state index contributed by atoms with van der Waals surface area (Å²) in [5, 5.41) is 3.49. The average molecular weight is 245 g/mol. The number of hydrogen-bond donors (Lipinski definition) is 1. The maximum Gasteiger partial charge on any atom is 0.159 e. The zero-order valence-corrected chi connectivity index (χ0v) is 11.4. The fourth-order valence-corrected chi connectivity index (χ4v) is 2.83. The minimum absolute atomic E-state index is 0.127. The summed E-state index contributed by atoms with van der Waals surface area (Å²) in [7, 11) is 0. The number of hydrogen-bond acceptors (Lipinski definition) is 2. The molecule has 1 fully saturated rings. The summed E-state index contributed by atoms with van der Waals surface area (Å²) in [6.07, 6.45) is 5.46. The molecule has 1 aliphatic carbocycles. The summed E-state index contributed by atoms with van der Waals surface area (Å²) in [4.78, 5) is 11.2. The first-order valence-electron chi connectivity index (χ1n) is 7.00. The summed E-state index contributed by atoms with van der Waals surface area (Å²) >= 11 is 0. The Hall–Kier alpha value is -1.31. The van der Waals surface area contributed by atoms with Crippen molar-refractivity contribution < 1.29 is 4.79 Å². The highest BCUT2D eigenvalue weighted by Gasteiger charge is 2.18. The largest absolute Gasteiger partial charge is 0.385 e. The quantitative estimate of drug-likeness (QED) is 0.808. The van der Waals surface area contributed by atoms with Crippen LogP contribution >= 0.6 is 0 Å². The Morgan fingerprint density at radius 1 is 1.28 bits per heavy atom. The molecule has 18 heavy (non-hydrogen) atoms. The second-order valence-corrected chi connectivity index (χ2v) is 5.65. The van der Waals surface area contributed by atoms with Crippen LogP contribution in [-0.2, 0) is 0 Å². The topological polar surface area (TPSA) is 29.1 Å². The lowest BCUT2D eigenvalue weighted by Gasteiger charge is -2.27. The molecule has 2 nitrogen and oxygen atoms in total. The SMILES string of the molecule is CC(=O)c1ccc(NCC2CCCC(C)C2)cc1. The average Bonchev–Trinajstić information content (AvgIpc) is 2.37. The molecule has 0 spiro atoms. The first-order valence-corrected chi connectivity index (χ1v) is 7.00. The highest BCUT2D eigenvalue weighted by atomic mass is 16.1. The van der Waals surface area contributed by atoms with Crippen molar-refractivity contribution in [3.63, 3.8) is 0 Å². The van der Waals surface area contributed by atoms with Gasteiger partial charge in [-0.25, -0.2) is 0 Å². The van der Waals surface area contributed by atoms with E-state index in [0.717, 1.165) is 29.6 Å². The lowest BCUT2D eigenvalue weighted by molar-refractivity contribution is 0.101. The predicted molar refractivity (Wildman–Crippen MR) is 76.1 cm³/mol. The number of rotatable bonds is 4. The van der Waals surface area contributed by atoms with Crippen LogP contribution in [0.2, 0.25) is 0 Å². The van der Waals surface area contributed by atoms with E-state index in [1.165, 1.54) is 25.7 Å². The van der Waals surface area contributed by atoms with Crippen LogP contribution in [0, 0.1) is 11.8 Å². The first-order chi connectivity index (χ1) is 8.65. The highest BCUT2D eigenvalue weighted by Crippen LogP contribution is 2.28. The molecule has 0 aromatic heterocycles. The summed E-state index contributed by atoms with van der Waals surface area (Å²) in [6.45, 7) is 5.02. The molecule has 0 heterocycles. The third-order valence-electron chi connectivity index (χ3n) is 3.93. The maximum atomic E-state index is 11.2. The van der Waals surface area contributed by atoms with Gasteiger partial charge in [-0.05, 0) is 55.9 Å². The molecule has 2 rings (SSSR count). The number of carbonyl (C=O) groups excluding carboxylic acids is 1. The van der Waals surface area contributed by atoms with E-state index in [2.05, 4.69) is 12.2 Å². The van der Waals surface area contributed by atoms with Crippen molar-refractivity contribution in [3.8, 4) is 0 Å². The van der Waals surface area contributed by atoms with Crippen molar-refractivity contribution in [1.29, 1.82) is 0 Å². The van der Waals surface area contributed by atoms with Gasteiger partial charge in [-0.3, -0.25) is 4.79 Å². The first kappa shape index (κ1) is 13.1.